The largest absolute Gasteiger partial charge is 0.598 e. The van der Waals surface area contributed by atoms with Crippen molar-refractivity contribution in [2.75, 3.05) is 27.9 Å². The zero-order valence-corrected chi connectivity index (χ0v) is 62.9. The normalized spacial score (nSPS) is 13.6. The molecule has 8 aromatic rings. The number of hydrogen-bond donors (Lipinski definition) is 1. The maximum atomic E-state index is 14.8. The van der Waals surface area contributed by atoms with Gasteiger partial charge in [0.2, 0.25) is 0 Å². The number of ether oxygens (including phenoxy) is 6. The van der Waals surface area contributed by atoms with Gasteiger partial charge in [0, 0.05) is 62.2 Å². The molecular weight excluding hydrogens is 1340 g/mol. The number of alkyl halides is 3. The van der Waals surface area contributed by atoms with Crippen LogP contribution in [0.15, 0.2) is 65.1 Å². The molecule has 0 amide bonds. The molecule has 0 bridgehead atoms. The van der Waals surface area contributed by atoms with Crippen LogP contribution in [-0.2, 0) is 78.4 Å². The number of pyridine rings is 2. The van der Waals surface area contributed by atoms with Crippen molar-refractivity contribution in [3.8, 4) is 34.5 Å². The molecule has 6 aromatic heterocycles. The summed E-state index contributed by atoms with van der Waals surface area (Å²) in [5.41, 5.74) is 4.13. The van der Waals surface area contributed by atoms with Gasteiger partial charge in [0.25, 0.3) is 0 Å². The molecule has 550 valence electrons. The average molecular weight is 1440 g/mol. The summed E-state index contributed by atoms with van der Waals surface area (Å²) in [5.74, 6) is 0.319. The quantitative estimate of drug-likeness (QED) is 0.0129. The number of nitrogens with zero attached hydrogens (tertiary/aromatic N) is 9. The van der Waals surface area contributed by atoms with Crippen molar-refractivity contribution in [2.24, 2.45) is 18.5 Å². The summed E-state index contributed by atoms with van der Waals surface area (Å²) in [6.45, 7) is 20.7. The third-order valence-corrected chi connectivity index (χ3v) is 20.1. The number of unbranched alkanes of at least 4 members (excludes halogenated alkanes) is 10. The van der Waals surface area contributed by atoms with Crippen molar-refractivity contribution < 1.29 is 69.9 Å². The number of benzene rings is 2. The van der Waals surface area contributed by atoms with Gasteiger partial charge in [0.15, 0.2) is 17.7 Å². The second-order valence-corrected chi connectivity index (χ2v) is 32.9. The number of halogens is 3. The molecule has 1 N–H and O–H groups in total. The van der Waals surface area contributed by atoms with Crippen molar-refractivity contribution in [1.82, 2.24) is 42.9 Å². The Kier molecular flexibility index (Phi) is 26.3. The molecule has 6 heterocycles. The molecule has 22 nitrogen and oxygen atoms in total. The first kappa shape index (κ1) is 79.0. The Morgan fingerprint density at radius 3 is 1.52 bits per heavy atom. The predicted octanol–water partition coefficient (Wildman–Crippen LogP) is 15.6. The van der Waals surface area contributed by atoms with Crippen molar-refractivity contribution in [3.05, 3.63) is 83.2 Å². The fourth-order valence-electron chi connectivity index (χ4n) is 12.0. The van der Waals surface area contributed by atoms with E-state index in [2.05, 4.69) is 18.7 Å². The van der Waals surface area contributed by atoms with Crippen LogP contribution in [0, 0.1) is 0 Å². The standard InChI is InChI=1S/C74H99F3N10O12S2/c1-70(2,3)98-59(88)30-24-19-17-21-27-37-86-55(66-81-53-40-49(68(90)96-16)44-57(94-14)61(53)84(66)12)42-47-32-34-51(79-64(47)86)46-78-101(93)73(10,11)36-26-23-29-39-97-69(91)50-41-54-62(58(45-50)95-15)85(13)67(82-54)56-43-48-33-35-52(63(74(75,76)77)83-100(92)72(7,8)9)80-65(48)87(56)38-28-22-18-20-25-31-60(89)99-71(4,5)6/h32-35,40-46,63,83H,17-31,36-39H2,1-16H3. The van der Waals surface area contributed by atoms with Gasteiger partial charge in [-0.3, -0.25) is 9.59 Å². The summed E-state index contributed by atoms with van der Waals surface area (Å²) in [7, 11) is 8.03. The Morgan fingerprint density at radius 1 is 0.584 bits per heavy atom. The van der Waals surface area contributed by atoms with Crippen molar-refractivity contribution in [1.29, 1.82) is 0 Å². The molecular formula is C74H99F3N10O12S2. The summed E-state index contributed by atoms with van der Waals surface area (Å²) >= 11 is -3.74. The van der Waals surface area contributed by atoms with Gasteiger partial charge in [-0.05, 0) is 188 Å². The summed E-state index contributed by atoms with van der Waals surface area (Å²) in [6.07, 6.45) is 7.63. The lowest BCUT2D eigenvalue weighted by Gasteiger charge is -2.28. The minimum atomic E-state index is -4.83. The summed E-state index contributed by atoms with van der Waals surface area (Å²) < 4.78 is 118. The average Bonchev–Trinajstić information content (AvgIpc) is 1.60. The van der Waals surface area contributed by atoms with E-state index in [1.807, 2.05) is 100 Å². The van der Waals surface area contributed by atoms with Crippen LogP contribution in [0.4, 0.5) is 13.2 Å². The van der Waals surface area contributed by atoms with E-state index in [0.29, 0.717) is 138 Å². The van der Waals surface area contributed by atoms with Crippen LogP contribution in [0.2, 0.25) is 0 Å². The molecule has 8 rings (SSSR count). The number of carbonyl (C=O) groups is 4. The first-order chi connectivity index (χ1) is 47.5. The van der Waals surface area contributed by atoms with Gasteiger partial charge in [-0.2, -0.15) is 13.2 Å². The summed E-state index contributed by atoms with van der Waals surface area (Å²) in [4.78, 5) is 70.8. The van der Waals surface area contributed by atoms with Gasteiger partial charge < -0.3 is 55.8 Å². The second-order valence-electron chi connectivity index (χ2n) is 29.1. The fourth-order valence-corrected chi connectivity index (χ4v) is 13.6. The first-order valence-corrected chi connectivity index (χ1v) is 36.8. The number of fused-ring (bicyclic) bond motifs is 4. The maximum absolute atomic E-state index is 14.8. The zero-order valence-electron chi connectivity index (χ0n) is 61.2. The molecule has 0 aliphatic carbocycles. The van der Waals surface area contributed by atoms with Crippen LogP contribution in [-0.4, -0.2) is 132 Å². The number of carbonyl (C=O) groups excluding carboxylic acids is 4. The predicted molar refractivity (Wildman–Crippen MR) is 389 cm³/mol. The topological polar surface area (TPSA) is 265 Å². The highest BCUT2D eigenvalue weighted by Crippen LogP contribution is 2.40. The highest BCUT2D eigenvalue weighted by molar-refractivity contribution is 7.91. The smallest absolute Gasteiger partial charge is 0.413 e. The zero-order chi connectivity index (χ0) is 73.9. The number of imidazole rings is 2. The van der Waals surface area contributed by atoms with Crippen molar-refractivity contribution in [3.63, 3.8) is 0 Å². The van der Waals surface area contributed by atoms with E-state index in [4.69, 9.17) is 43.4 Å². The highest BCUT2D eigenvalue weighted by atomic mass is 32.2. The monoisotopic (exact) mass is 1440 g/mol. The molecule has 0 spiro atoms. The SMILES string of the molecule is COC(=O)c1cc(OC)c2c(c1)nc(-c1cc3ccc(C=N[S+]([O-])C(C)(C)CCCCCOC(=O)c4cc(OC)c5c(c4)nc(-c4cc6ccc(C(N[S+]([O-])C(C)(C)C)C(F)(F)F)nc6n4CCCCCCCC(=O)OC(C)(C)C)n5C)nc3n1CCCCCCCC(=O)OC(C)(C)C)n2C. The molecule has 101 heavy (non-hydrogen) atoms. The number of rotatable bonds is 34. The molecule has 0 saturated carbocycles. The Morgan fingerprint density at radius 2 is 1.05 bits per heavy atom. The summed E-state index contributed by atoms with van der Waals surface area (Å²) in [5, 5.41) is 1.41. The molecule has 0 aliphatic heterocycles. The molecule has 3 atom stereocenters. The summed E-state index contributed by atoms with van der Waals surface area (Å²) in [6, 6.07) is 14.7. The Labute approximate surface area is 595 Å². The first-order valence-electron chi connectivity index (χ1n) is 34.5. The molecule has 27 heteroatoms. The lowest BCUT2D eigenvalue weighted by Crippen LogP contribution is -2.46. The van der Waals surface area contributed by atoms with Crippen molar-refractivity contribution >= 4 is 96.9 Å². The molecule has 2 aromatic carbocycles. The van der Waals surface area contributed by atoms with E-state index >= 15 is 0 Å². The number of hydrogen-bond acceptors (Lipinski definition) is 18. The highest BCUT2D eigenvalue weighted by Gasteiger charge is 2.47. The molecule has 0 radical (unpaired) electrons. The van der Waals surface area contributed by atoms with Gasteiger partial charge in [0.1, 0.15) is 72.1 Å². The van der Waals surface area contributed by atoms with Crippen LogP contribution in [0.25, 0.3) is 67.2 Å². The number of nitrogens with one attached hydrogen (secondary N) is 1. The molecule has 0 aliphatic rings. The van der Waals surface area contributed by atoms with Gasteiger partial charge >= 0.3 is 30.1 Å². The Bertz CT molecular complexity index is 4250. The van der Waals surface area contributed by atoms with Crippen molar-refractivity contribution in [2.45, 2.75) is 225 Å². The maximum Gasteiger partial charge on any atom is 0.413 e. The van der Waals surface area contributed by atoms with E-state index in [1.54, 1.807) is 71.5 Å². The number of aryl methyl sites for hydroxylation is 4. The lowest BCUT2D eigenvalue weighted by atomic mass is 10.0. The van der Waals surface area contributed by atoms with Crippen LogP contribution < -0.4 is 14.2 Å². The third-order valence-electron chi connectivity index (χ3n) is 17.1. The number of esters is 4. The van der Waals surface area contributed by atoms with Gasteiger partial charge in [0.05, 0.1) is 72.9 Å². The Balaban J connectivity index is 0.924. The molecule has 0 fully saturated rings. The van der Waals surface area contributed by atoms with Gasteiger partial charge in [-0.15, -0.1) is 4.72 Å². The Hall–Kier alpha value is -7.72. The van der Waals surface area contributed by atoms with E-state index in [9.17, 15) is 41.5 Å². The fraction of sp³-hybridized carbons (Fsp3) is 0.554. The minimum absolute atomic E-state index is 0.110. The van der Waals surface area contributed by atoms with E-state index < -0.39 is 67.6 Å². The van der Waals surface area contributed by atoms with E-state index in [1.165, 1.54) is 20.3 Å². The van der Waals surface area contributed by atoms with Crippen LogP contribution in [0.5, 0.6) is 11.5 Å². The second kappa shape index (κ2) is 33.6. The van der Waals surface area contributed by atoms with Crippen LogP contribution >= 0.6 is 0 Å². The molecule has 3 unspecified atom stereocenters. The van der Waals surface area contributed by atoms with E-state index in [-0.39, 0.29) is 35.5 Å². The lowest BCUT2D eigenvalue weighted by molar-refractivity contribution is -0.156. The van der Waals surface area contributed by atoms with E-state index in [0.717, 1.165) is 62.4 Å². The molecule has 0 saturated heterocycles. The number of methoxy groups -OCH3 is 3. The van der Waals surface area contributed by atoms with Crippen LogP contribution in [0.3, 0.4) is 0 Å². The van der Waals surface area contributed by atoms with Gasteiger partial charge in [-0.1, -0.05) is 42.9 Å². The van der Waals surface area contributed by atoms with Gasteiger partial charge in [-0.25, -0.2) is 29.5 Å². The third kappa shape index (κ3) is 20.6. The van der Waals surface area contributed by atoms with Crippen LogP contribution in [0.1, 0.15) is 217 Å². The minimum Gasteiger partial charge on any atom is -0.598 e. The number of aromatic nitrogens is 8.